The van der Waals surface area contributed by atoms with Gasteiger partial charge in [-0.1, -0.05) is 6.92 Å². The van der Waals surface area contributed by atoms with Gasteiger partial charge in [-0.3, -0.25) is 4.79 Å². The Kier molecular flexibility index (Phi) is 3.54. The fourth-order valence-corrected chi connectivity index (χ4v) is 2.03. The third-order valence-corrected chi connectivity index (χ3v) is 3.06. The molecular formula is C12H12ClF2NO3. The average Bonchev–Trinajstić information content (AvgIpc) is 2.67. The number of amides is 1. The minimum absolute atomic E-state index is 0.0303. The third-order valence-electron chi connectivity index (χ3n) is 2.83. The first-order valence-electron chi connectivity index (χ1n) is 5.63. The van der Waals surface area contributed by atoms with E-state index in [9.17, 15) is 13.6 Å². The molecule has 0 bridgehead atoms. The lowest BCUT2D eigenvalue weighted by atomic mass is 10.1. The number of ether oxygens (including phenoxy) is 2. The quantitative estimate of drug-likeness (QED) is 0.804. The van der Waals surface area contributed by atoms with Crippen molar-refractivity contribution in [1.29, 1.82) is 0 Å². The molecule has 1 aliphatic heterocycles. The maximum atomic E-state index is 13.0. The number of rotatable bonds is 3. The lowest BCUT2D eigenvalue weighted by Crippen LogP contribution is -2.28. The molecule has 0 N–H and O–H groups in total. The van der Waals surface area contributed by atoms with Gasteiger partial charge >= 0.3 is 6.29 Å². The molecular weight excluding hydrogens is 280 g/mol. The molecule has 4 nitrogen and oxygen atoms in total. The number of alkyl halides is 3. The standard InChI is InChI=1S/C12H12ClF2NO3/c1-3-7-4-9-10(19-12(14,15)18-9)5-8(7)16(2)11(17)6-13/h4-5H,3,6H2,1-2H3. The van der Waals surface area contributed by atoms with Gasteiger partial charge in [-0.2, -0.15) is 0 Å². The molecule has 104 valence electrons. The molecule has 0 radical (unpaired) electrons. The normalized spacial score (nSPS) is 15.4. The topological polar surface area (TPSA) is 38.8 Å². The molecule has 0 atom stereocenters. The van der Waals surface area contributed by atoms with Gasteiger partial charge in [-0.15, -0.1) is 20.4 Å². The van der Waals surface area contributed by atoms with Crippen molar-refractivity contribution >= 4 is 23.2 Å². The number of benzene rings is 1. The van der Waals surface area contributed by atoms with Crippen molar-refractivity contribution in [2.75, 3.05) is 17.8 Å². The lowest BCUT2D eigenvalue weighted by molar-refractivity contribution is -0.286. The fourth-order valence-electron chi connectivity index (χ4n) is 1.85. The van der Waals surface area contributed by atoms with E-state index in [4.69, 9.17) is 11.6 Å². The maximum Gasteiger partial charge on any atom is 0.586 e. The van der Waals surface area contributed by atoms with Gasteiger partial charge in [0.15, 0.2) is 11.5 Å². The first-order valence-corrected chi connectivity index (χ1v) is 6.16. The second-order valence-electron chi connectivity index (χ2n) is 4.04. The van der Waals surface area contributed by atoms with Crippen LogP contribution >= 0.6 is 11.6 Å². The summed E-state index contributed by atoms with van der Waals surface area (Å²) in [4.78, 5) is 12.9. The number of halogens is 3. The van der Waals surface area contributed by atoms with Crippen LogP contribution in [0.2, 0.25) is 0 Å². The summed E-state index contributed by atoms with van der Waals surface area (Å²) in [5, 5.41) is 0. The lowest BCUT2D eigenvalue weighted by Gasteiger charge is -2.19. The Morgan fingerprint density at radius 2 is 1.95 bits per heavy atom. The molecule has 1 amide bonds. The van der Waals surface area contributed by atoms with E-state index in [-0.39, 0.29) is 23.3 Å². The van der Waals surface area contributed by atoms with Gasteiger partial charge in [0.1, 0.15) is 5.88 Å². The predicted molar refractivity (Wildman–Crippen MR) is 66.2 cm³/mol. The van der Waals surface area contributed by atoms with E-state index in [1.54, 1.807) is 0 Å². The first kappa shape index (κ1) is 13.9. The maximum absolute atomic E-state index is 13.0. The van der Waals surface area contributed by atoms with Crippen molar-refractivity contribution in [2.24, 2.45) is 0 Å². The zero-order valence-corrected chi connectivity index (χ0v) is 11.1. The smallest absolute Gasteiger partial charge is 0.395 e. The Bertz CT molecular complexity index is 522. The Balaban J connectivity index is 2.43. The van der Waals surface area contributed by atoms with Gasteiger partial charge in [-0.05, 0) is 18.1 Å². The molecule has 1 aliphatic rings. The summed E-state index contributed by atoms with van der Waals surface area (Å²) in [6.45, 7) is 1.85. The van der Waals surface area contributed by atoms with Crippen molar-refractivity contribution in [2.45, 2.75) is 19.6 Å². The molecule has 0 aliphatic carbocycles. The number of carbonyl (C=O) groups excluding carboxylic acids is 1. The van der Waals surface area contributed by atoms with Crippen LogP contribution in [0.1, 0.15) is 12.5 Å². The zero-order chi connectivity index (χ0) is 14.2. The first-order chi connectivity index (χ1) is 8.88. The Labute approximate surface area is 113 Å². The van der Waals surface area contributed by atoms with Gasteiger partial charge in [0.2, 0.25) is 5.91 Å². The van der Waals surface area contributed by atoms with Crippen LogP contribution in [0, 0.1) is 0 Å². The monoisotopic (exact) mass is 291 g/mol. The van der Waals surface area contributed by atoms with Crippen LogP contribution < -0.4 is 14.4 Å². The van der Waals surface area contributed by atoms with Gasteiger partial charge in [0.25, 0.3) is 0 Å². The van der Waals surface area contributed by atoms with Crippen LogP contribution in [0.15, 0.2) is 12.1 Å². The number of fused-ring (bicyclic) bond motifs is 1. The summed E-state index contributed by atoms with van der Waals surface area (Å²) in [7, 11) is 1.53. The Hall–Kier alpha value is -1.56. The van der Waals surface area contributed by atoms with E-state index in [0.717, 1.165) is 0 Å². The SMILES string of the molecule is CCc1cc2c(cc1N(C)C(=O)CCl)OC(F)(F)O2. The minimum atomic E-state index is -3.67. The number of aryl methyl sites for hydroxylation is 1. The van der Waals surface area contributed by atoms with Crippen molar-refractivity contribution in [3.8, 4) is 11.5 Å². The van der Waals surface area contributed by atoms with E-state index in [1.165, 1.54) is 24.1 Å². The number of hydrogen-bond acceptors (Lipinski definition) is 3. The summed E-state index contributed by atoms with van der Waals surface area (Å²) in [5.41, 5.74) is 1.18. The van der Waals surface area contributed by atoms with Crippen LogP contribution in [0.5, 0.6) is 11.5 Å². The van der Waals surface area contributed by atoms with Gasteiger partial charge in [0, 0.05) is 13.1 Å². The third kappa shape index (κ3) is 2.58. The Morgan fingerprint density at radius 3 is 2.47 bits per heavy atom. The molecule has 1 aromatic rings. The molecule has 0 saturated heterocycles. The number of anilines is 1. The summed E-state index contributed by atoms with van der Waals surface area (Å²) < 4.78 is 34.7. The Morgan fingerprint density at radius 1 is 1.37 bits per heavy atom. The highest BCUT2D eigenvalue weighted by atomic mass is 35.5. The minimum Gasteiger partial charge on any atom is -0.395 e. The summed E-state index contributed by atoms with van der Waals surface area (Å²) in [6, 6.07) is 2.81. The van der Waals surface area contributed by atoms with Crippen molar-refractivity contribution < 1.29 is 23.0 Å². The molecule has 7 heteroatoms. The largest absolute Gasteiger partial charge is 0.586 e. The molecule has 1 aromatic carbocycles. The van der Waals surface area contributed by atoms with Crippen molar-refractivity contribution in [3.63, 3.8) is 0 Å². The van der Waals surface area contributed by atoms with Crippen LogP contribution in [0.3, 0.4) is 0 Å². The number of nitrogens with zero attached hydrogens (tertiary/aromatic N) is 1. The van der Waals surface area contributed by atoms with E-state index in [2.05, 4.69) is 9.47 Å². The number of hydrogen-bond donors (Lipinski definition) is 0. The predicted octanol–water partition coefficient (Wildman–Crippen LogP) is 2.77. The zero-order valence-electron chi connectivity index (χ0n) is 10.4. The summed E-state index contributed by atoms with van der Waals surface area (Å²) >= 11 is 5.49. The molecule has 1 heterocycles. The summed E-state index contributed by atoms with van der Waals surface area (Å²) in [6.07, 6.45) is -3.11. The highest BCUT2D eigenvalue weighted by molar-refractivity contribution is 6.29. The highest BCUT2D eigenvalue weighted by Gasteiger charge is 2.44. The van der Waals surface area contributed by atoms with Crippen molar-refractivity contribution in [3.05, 3.63) is 17.7 Å². The van der Waals surface area contributed by atoms with Crippen LogP contribution in [-0.2, 0) is 11.2 Å². The number of carbonyl (C=O) groups is 1. The molecule has 0 spiro atoms. The molecule has 2 rings (SSSR count). The molecule has 0 unspecified atom stereocenters. The van der Waals surface area contributed by atoms with E-state index < -0.39 is 6.29 Å². The molecule has 0 saturated carbocycles. The molecule has 0 aromatic heterocycles. The highest BCUT2D eigenvalue weighted by Crippen LogP contribution is 2.44. The van der Waals surface area contributed by atoms with Crippen LogP contribution in [-0.4, -0.2) is 25.1 Å². The van der Waals surface area contributed by atoms with Gasteiger partial charge < -0.3 is 14.4 Å². The summed E-state index contributed by atoms with van der Waals surface area (Å²) in [5.74, 6) is -0.643. The molecule has 0 fully saturated rings. The van der Waals surface area contributed by atoms with Crippen LogP contribution in [0.25, 0.3) is 0 Å². The average molecular weight is 292 g/mol. The van der Waals surface area contributed by atoms with E-state index in [1.807, 2.05) is 6.92 Å². The second kappa shape index (κ2) is 4.85. The van der Waals surface area contributed by atoms with E-state index in [0.29, 0.717) is 17.7 Å². The van der Waals surface area contributed by atoms with Gasteiger partial charge in [0.05, 0.1) is 5.69 Å². The second-order valence-corrected chi connectivity index (χ2v) is 4.30. The van der Waals surface area contributed by atoms with E-state index >= 15 is 0 Å². The van der Waals surface area contributed by atoms with Gasteiger partial charge in [-0.25, -0.2) is 0 Å². The fraction of sp³-hybridized carbons (Fsp3) is 0.417. The van der Waals surface area contributed by atoms with Crippen LogP contribution in [0.4, 0.5) is 14.5 Å². The molecule has 19 heavy (non-hydrogen) atoms. The van der Waals surface area contributed by atoms with Crippen molar-refractivity contribution in [1.82, 2.24) is 0 Å².